The third-order valence-electron chi connectivity index (χ3n) is 2.14. The monoisotopic (exact) mass is 180 g/mol. The van der Waals surface area contributed by atoms with Crippen LogP contribution in [-0.2, 0) is 0 Å². The van der Waals surface area contributed by atoms with Gasteiger partial charge in [0.2, 0.25) is 0 Å². The molecule has 1 saturated carbocycles. The normalized spacial score (nSPS) is 15.7. The van der Waals surface area contributed by atoms with Crippen LogP contribution in [0, 0.1) is 5.92 Å². The van der Waals surface area contributed by atoms with Crippen LogP contribution in [0.3, 0.4) is 0 Å². The van der Waals surface area contributed by atoms with E-state index >= 15 is 0 Å². The van der Waals surface area contributed by atoms with Crippen LogP contribution >= 0.6 is 0 Å². The number of nitrogens with zero attached hydrogens (tertiary/aromatic N) is 1. The number of hydrogen-bond donors (Lipinski definition) is 3. The zero-order chi connectivity index (χ0) is 9.26. The van der Waals surface area contributed by atoms with Crippen LogP contribution in [0.25, 0.3) is 0 Å². The molecular formula is C8H12N4O. The lowest BCUT2D eigenvalue weighted by atomic mass is 10.3. The van der Waals surface area contributed by atoms with Crippen molar-refractivity contribution in [1.82, 2.24) is 15.5 Å². The van der Waals surface area contributed by atoms with Crippen LogP contribution in [0.1, 0.15) is 23.3 Å². The van der Waals surface area contributed by atoms with Gasteiger partial charge in [-0.05, 0) is 18.8 Å². The van der Waals surface area contributed by atoms with Gasteiger partial charge in [-0.3, -0.25) is 9.89 Å². The van der Waals surface area contributed by atoms with Gasteiger partial charge < -0.3 is 11.1 Å². The number of carbonyl (C=O) groups is 1. The summed E-state index contributed by atoms with van der Waals surface area (Å²) in [4.78, 5) is 11.4. The summed E-state index contributed by atoms with van der Waals surface area (Å²) in [6, 6.07) is 0. The van der Waals surface area contributed by atoms with Gasteiger partial charge in [0, 0.05) is 6.54 Å². The molecule has 70 valence electrons. The molecule has 0 unspecified atom stereocenters. The number of H-pyrrole nitrogens is 1. The van der Waals surface area contributed by atoms with Gasteiger partial charge >= 0.3 is 0 Å². The maximum Gasteiger partial charge on any atom is 0.271 e. The maximum absolute atomic E-state index is 11.4. The molecule has 1 fully saturated rings. The van der Waals surface area contributed by atoms with E-state index in [0.29, 0.717) is 17.3 Å². The van der Waals surface area contributed by atoms with Crippen molar-refractivity contribution in [2.45, 2.75) is 12.8 Å². The minimum absolute atomic E-state index is 0.165. The van der Waals surface area contributed by atoms with Gasteiger partial charge in [-0.25, -0.2) is 0 Å². The van der Waals surface area contributed by atoms with Crippen molar-refractivity contribution in [3.05, 3.63) is 11.9 Å². The van der Waals surface area contributed by atoms with Crippen molar-refractivity contribution >= 4 is 11.6 Å². The van der Waals surface area contributed by atoms with Crippen LogP contribution in [0.15, 0.2) is 6.20 Å². The Labute approximate surface area is 75.7 Å². The molecule has 13 heavy (non-hydrogen) atoms. The second-order valence-corrected chi connectivity index (χ2v) is 3.35. The van der Waals surface area contributed by atoms with E-state index in [1.54, 1.807) is 0 Å². The van der Waals surface area contributed by atoms with E-state index in [2.05, 4.69) is 15.5 Å². The number of nitrogens with one attached hydrogen (secondary N) is 2. The Bertz CT molecular complexity index is 316. The Kier molecular flexibility index (Phi) is 1.92. The molecule has 0 spiro atoms. The lowest BCUT2D eigenvalue weighted by Crippen LogP contribution is -2.26. The van der Waals surface area contributed by atoms with Crippen LogP contribution < -0.4 is 11.1 Å². The van der Waals surface area contributed by atoms with Crippen LogP contribution in [0.5, 0.6) is 0 Å². The van der Waals surface area contributed by atoms with Gasteiger partial charge in [-0.15, -0.1) is 0 Å². The van der Waals surface area contributed by atoms with Crippen molar-refractivity contribution in [3.8, 4) is 0 Å². The Morgan fingerprint density at radius 3 is 3.08 bits per heavy atom. The molecule has 1 aliphatic carbocycles. The molecule has 1 amide bonds. The summed E-state index contributed by atoms with van der Waals surface area (Å²) >= 11 is 0. The summed E-state index contributed by atoms with van der Waals surface area (Å²) in [5.41, 5.74) is 6.27. The summed E-state index contributed by atoms with van der Waals surface area (Å²) in [6.45, 7) is 0.747. The van der Waals surface area contributed by atoms with Crippen LogP contribution in [0.2, 0.25) is 0 Å². The SMILES string of the molecule is Nc1cn[nH]c1C(=O)NCC1CC1. The third kappa shape index (κ3) is 1.80. The first kappa shape index (κ1) is 8.10. The topological polar surface area (TPSA) is 83.8 Å². The summed E-state index contributed by atoms with van der Waals surface area (Å²) in [6.07, 6.45) is 3.88. The largest absolute Gasteiger partial charge is 0.396 e. The highest BCUT2D eigenvalue weighted by Crippen LogP contribution is 2.27. The third-order valence-corrected chi connectivity index (χ3v) is 2.14. The van der Waals surface area contributed by atoms with Crippen LogP contribution in [0.4, 0.5) is 5.69 Å². The fourth-order valence-corrected chi connectivity index (χ4v) is 1.12. The molecule has 0 saturated heterocycles. The number of nitrogen functional groups attached to an aromatic ring is 1. The lowest BCUT2D eigenvalue weighted by Gasteiger charge is -2.01. The highest BCUT2D eigenvalue weighted by molar-refractivity contribution is 5.96. The molecule has 2 rings (SSSR count). The molecular weight excluding hydrogens is 168 g/mol. The number of nitrogens with two attached hydrogens (primary N) is 1. The molecule has 5 nitrogen and oxygen atoms in total. The molecule has 0 aromatic carbocycles. The van der Waals surface area contributed by atoms with Gasteiger partial charge in [0.25, 0.3) is 5.91 Å². The number of amides is 1. The van der Waals surface area contributed by atoms with Crippen molar-refractivity contribution in [2.24, 2.45) is 5.92 Å². The summed E-state index contributed by atoms with van der Waals surface area (Å²) < 4.78 is 0. The minimum atomic E-state index is -0.165. The Morgan fingerprint density at radius 1 is 1.77 bits per heavy atom. The molecule has 1 aromatic rings. The second kappa shape index (κ2) is 3.08. The van der Waals surface area contributed by atoms with Gasteiger partial charge in [-0.2, -0.15) is 5.10 Å². The van der Waals surface area contributed by atoms with E-state index in [0.717, 1.165) is 6.54 Å². The summed E-state index contributed by atoms with van der Waals surface area (Å²) in [7, 11) is 0. The molecule has 4 N–H and O–H groups in total. The number of rotatable bonds is 3. The highest BCUT2D eigenvalue weighted by Gasteiger charge is 2.22. The van der Waals surface area contributed by atoms with E-state index < -0.39 is 0 Å². The molecule has 1 aromatic heterocycles. The Morgan fingerprint density at radius 2 is 2.54 bits per heavy atom. The zero-order valence-electron chi connectivity index (χ0n) is 7.21. The van der Waals surface area contributed by atoms with Gasteiger partial charge in [0.1, 0.15) is 5.69 Å². The summed E-state index contributed by atoms with van der Waals surface area (Å²) in [5.74, 6) is 0.509. The molecule has 1 heterocycles. The highest BCUT2D eigenvalue weighted by atomic mass is 16.1. The average Bonchev–Trinajstić information content (AvgIpc) is 2.84. The Balaban J connectivity index is 1.92. The predicted molar refractivity (Wildman–Crippen MR) is 48.1 cm³/mol. The number of aromatic amines is 1. The fourth-order valence-electron chi connectivity index (χ4n) is 1.12. The molecule has 5 heteroatoms. The van der Waals surface area contributed by atoms with Gasteiger partial charge in [0.15, 0.2) is 0 Å². The smallest absolute Gasteiger partial charge is 0.271 e. The van der Waals surface area contributed by atoms with Crippen molar-refractivity contribution in [1.29, 1.82) is 0 Å². The van der Waals surface area contributed by atoms with E-state index in [9.17, 15) is 4.79 Å². The van der Waals surface area contributed by atoms with Gasteiger partial charge in [0.05, 0.1) is 11.9 Å². The van der Waals surface area contributed by atoms with Crippen molar-refractivity contribution < 1.29 is 4.79 Å². The quantitative estimate of drug-likeness (QED) is 0.618. The maximum atomic E-state index is 11.4. The average molecular weight is 180 g/mol. The van der Waals surface area contributed by atoms with Crippen molar-refractivity contribution in [3.63, 3.8) is 0 Å². The van der Waals surface area contributed by atoms with E-state index in [4.69, 9.17) is 5.73 Å². The Hall–Kier alpha value is -1.52. The second-order valence-electron chi connectivity index (χ2n) is 3.35. The number of carbonyl (C=O) groups excluding carboxylic acids is 1. The van der Waals surface area contributed by atoms with Crippen LogP contribution in [-0.4, -0.2) is 22.6 Å². The molecule has 0 aliphatic heterocycles. The first-order valence-electron chi connectivity index (χ1n) is 4.34. The molecule has 0 radical (unpaired) electrons. The number of hydrogen-bond acceptors (Lipinski definition) is 3. The molecule has 0 bridgehead atoms. The minimum Gasteiger partial charge on any atom is -0.396 e. The first-order valence-corrected chi connectivity index (χ1v) is 4.34. The summed E-state index contributed by atoms with van der Waals surface area (Å²) in [5, 5.41) is 9.03. The van der Waals surface area contributed by atoms with Crippen molar-refractivity contribution in [2.75, 3.05) is 12.3 Å². The molecule has 0 atom stereocenters. The number of anilines is 1. The lowest BCUT2D eigenvalue weighted by molar-refractivity contribution is 0.0947. The van der Waals surface area contributed by atoms with E-state index in [1.807, 2.05) is 0 Å². The molecule has 1 aliphatic rings. The first-order chi connectivity index (χ1) is 6.27. The fraction of sp³-hybridized carbons (Fsp3) is 0.500. The van der Waals surface area contributed by atoms with Gasteiger partial charge in [-0.1, -0.05) is 0 Å². The van der Waals surface area contributed by atoms with E-state index in [1.165, 1.54) is 19.0 Å². The zero-order valence-corrected chi connectivity index (χ0v) is 7.21. The predicted octanol–water partition coefficient (Wildman–Crippen LogP) is 0.132. The standard InChI is InChI=1S/C8H12N4O/c9-6-4-11-12-7(6)8(13)10-3-5-1-2-5/h4-5H,1-3,9H2,(H,10,13)(H,11,12). The number of aromatic nitrogens is 2. The van der Waals surface area contributed by atoms with E-state index in [-0.39, 0.29) is 5.91 Å².